The van der Waals surface area contributed by atoms with E-state index in [1.165, 1.54) is 30.3 Å². The van der Waals surface area contributed by atoms with Gasteiger partial charge in [0.1, 0.15) is 11.0 Å². The molecule has 0 saturated carbocycles. The summed E-state index contributed by atoms with van der Waals surface area (Å²) in [5, 5.41) is 0.684. The van der Waals surface area contributed by atoms with Crippen molar-refractivity contribution in [3.8, 4) is 11.1 Å². The summed E-state index contributed by atoms with van der Waals surface area (Å²) in [6, 6.07) is 13.8. The largest absolute Gasteiger partial charge is 0.323 e. The third-order valence-corrected chi connectivity index (χ3v) is 5.09. The number of fused-ring (bicyclic) bond motifs is 1. The second kappa shape index (κ2) is 9.87. The molecular formula is C21H17Cl2FN4S. The van der Waals surface area contributed by atoms with Gasteiger partial charge in [-0.1, -0.05) is 43.1 Å². The van der Waals surface area contributed by atoms with Crippen molar-refractivity contribution >= 4 is 51.9 Å². The van der Waals surface area contributed by atoms with Gasteiger partial charge >= 0.3 is 0 Å². The topological polar surface area (TPSA) is 50.7 Å². The van der Waals surface area contributed by atoms with Crippen molar-refractivity contribution < 1.29 is 4.39 Å². The van der Waals surface area contributed by atoms with Crippen molar-refractivity contribution in [3.63, 3.8) is 0 Å². The van der Waals surface area contributed by atoms with E-state index in [4.69, 9.17) is 23.2 Å². The van der Waals surface area contributed by atoms with Gasteiger partial charge in [-0.2, -0.15) is 0 Å². The zero-order valence-corrected chi connectivity index (χ0v) is 18.0. The number of aromatic nitrogens is 3. The van der Waals surface area contributed by atoms with Crippen molar-refractivity contribution in [2.75, 3.05) is 4.72 Å². The van der Waals surface area contributed by atoms with E-state index in [1.54, 1.807) is 18.3 Å². The fraction of sp³-hybridized carbons (Fsp3) is 0.0952. The minimum absolute atomic E-state index is 0.277. The first-order chi connectivity index (χ1) is 14.1. The molecule has 0 radical (unpaired) electrons. The highest BCUT2D eigenvalue weighted by Crippen LogP contribution is 2.31. The molecule has 0 aliphatic heterocycles. The molecule has 29 heavy (non-hydrogen) atoms. The average Bonchev–Trinajstić information content (AvgIpc) is 2.75. The summed E-state index contributed by atoms with van der Waals surface area (Å²) >= 11 is 13.5. The molecule has 0 saturated heterocycles. The summed E-state index contributed by atoms with van der Waals surface area (Å²) < 4.78 is 16.2. The van der Waals surface area contributed by atoms with Crippen molar-refractivity contribution in [2.24, 2.45) is 0 Å². The Kier molecular flexibility index (Phi) is 7.25. The van der Waals surface area contributed by atoms with E-state index >= 15 is 0 Å². The summed E-state index contributed by atoms with van der Waals surface area (Å²) in [5.41, 5.74) is 3.89. The SMILES string of the molecule is CC.Fc1ccc(SNc2cc(-c3ccc4ncc(Cl)nc4c3)cnc2Cl)cc1. The van der Waals surface area contributed by atoms with Crippen LogP contribution in [0.3, 0.4) is 0 Å². The number of rotatable bonds is 4. The van der Waals surface area contributed by atoms with Gasteiger partial charge in [-0.15, -0.1) is 0 Å². The molecule has 2 heterocycles. The van der Waals surface area contributed by atoms with Crippen LogP contribution in [-0.2, 0) is 0 Å². The Morgan fingerprint density at radius 2 is 1.62 bits per heavy atom. The van der Waals surface area contributed by atoms with Crippen molar-refractivity contribution in [1.29, 1.82) is 0 Å². The van der Waals surface area contributed by atoms with E-state index in [2.05, 4.69) is 19.7 Å². The Balaban J connectivity index is 0.00000117. The summed E-state index contributed by atoms with van der Waals surface area (Å²) in [7, 11) is 0. The van der Waals surface area contributed by atoms with Gasteiger partial charge in [0.25, 0.3) is 0 Å². The first-order valence-corrected chi connectivity index (χ1v) is 10.4. The molecule has 0 unspecified atom stereocenters. The standard InChI is InChI=1S/C19H11Cl2FN4S.C2H6/c20-18-10-23-15-6-1-11(7-16(15)25-18)12-8-17(19(21)24-9-12)26-27-14-4-2-13(22)3-5-14;1-2/h1-10,26H;1-2H3. The molecule has 4 rings (SSSR count). The highest BCUT2D eigenvalue weighted by atomic mass is 35.5. The minimum Gasteiger partial charge on any atom is -0.323 e. The second-order valence-electron chi connectivity index (χ2n) is 5.62. The number of hydrogen-bond donors (Lipinski definition) is 1. The van der Waals surface area contributed by atoms with Crippen molar-refractivity contribution in [3.05, 3.63) is 77.0 Å². The molecule has 0 fully saturated rings. The normalized spacial score (nSPS) is 10.4. The molecular weight excluding hydrogens is 430 g/mol. The maximum Gasteiger partial charge on any atom is 0.152 e. The average molecular weight is 447 g/mol. The molecule has 0 aliphatic rings. The van der Waals surface area contributed by atoms with Gasteiger partial charge in [-0.25, -0.2) is 14.4 Å². The first kappa shape index (κ1) is 21.3. The molecule has 4 nitrogen and oxygen atoms in total. The van der Waals surface area contributed by atoms with Gasteiger partial charge in [-0.3, -0.25) is 4.98 Å². The van der Waals surface area contributed by atoms with Crippen LogP contribution in [0.4, 0.5) is 10.1 Å². The van der Waals surface area contributed by atoms with Crippen LogP contribution >= 0.6 is 35.1 Å². The fourth-order valence-electron chi connectivity index (χ4n) is 2.46. The van der Waals surface area contributed by atoms with Crippen LogP contribution in [-0.4, -0.2) is 15.0 Å². The molecule has 0 aliphatic carbocycles. The van der Waals surface area contributed by atoms with Crippen LogP contribution in [0, 0.1) is 5.82 Å². The van der Waals surface area contributed by atoms with E-state index < -0.39 is 0 Å². The monoisotopic (exact) mass is 446 g/mol. The number of halogens is 3. The number of nitrogens with one attached hydrogen (secondary N) is 1. The molecule has 8 heteroatoms. The molecule has 0 atom stereocenters. The second-order valence-corrected chi connectivity index (χ2v) is 7.24. The van der Waals surface area contributed by atoms with Gasteiger partial charge in [0, 0.05) is 16.7 Å². The Labute approximate surface area is 182 Å². The molecule has 1 N–H and O–H groups in total. The van der Waals surface area contributed by atoms with Crippen LogP contribution in [0.15, 0.2) is 65.8 Å². The lowest BCUT2D eigenvalue weighted by atomic mass is 10.1. The lowest BCUT2D eigenvalue weighted by molar-refractivity contribution is 0.626. The van der Waals surface area contributed by atoms with E-state index in [-0.39, 0.29) is 5.82 Å². The summed E-state index contributed by atoms with van der Waals surface area (Å²) in [5.74, 6) is -0.277. The predicted octanol–water partition coefficient (Wildman–Crippen LogP) is 7.28. The van der Waals surface area contributed by atoms with Crippen molar-refractivity contribution in [1.82, 2.24) is 15.0 Å². The molecule has 148 valence electrons. The molecule has 0 bridgehead atoms. The van der Waals surface area contributed by atoms with Gasteiger partial charge < -0.3 is 4.72 Å². The molecule has 2 aromatic heterocycles. The predicted molar refractivity (Wildman–Crippen MR) is 120 cm³/mol. The number of benzene rings is 2. The van der Waals surface area contributed by atoms with Crippen LogP contribution in [0.1, 0.15) is 13.8 Å². The smallest absolute Gasteiger partial charge is 0.152 e. The number of anilines is 1. The van der Waals surface area contributed by atoms with Gasteiger partial charge in [0.15, 0.2) is 5.15 Å². The Morgan fingerprint density at radius 1 is 0.862 bits per heavy atom. The molecule has 0 spiro atoms. The van der Waals surface area contributed by atoms with Crippen molar-refractivity contribution in [2.45, 2.75) is 18.7 Å². The van der Waals surface area contributed by atoms with Gasteiger partial charge in [0.2, 0.25) is 0 Å². The van der Waals surface area contributed by atoms with Gasteiger partial charge in [0.05, 0.1) is 22.9 Å². The van der Waals surface area contributed by atoms with E-state index in [1.807, 2.05) is 38.1 Å². The van der Waals surface area contributed by atoms with E-state index in [0.29, 0.717) is 21.5 Å². The number of nitrogens with zero attached hydrogens (tertiary/aromatic N) is 3. The summed E-state index contributed by atoms with van der Waals surface area (Å²) in [6.07, 6.45) is 3.21. The highest BCUT2D eigenvalue weighted by molar-refractivity contribution is 8.00. The Morgan fingerprint density at radius 3 is 2.38 bits per heavy atom. The van der Waals surface area contributed by atoms with Crippen LogP contribution in [0.5, 0.6) is 0 Å². The zero-order valence-electron chi connectivity index (χ0n) is 15.7. The maximum absolute atomic E-state index is 13.0. The fourth-order valence-corrected chi connectivity index (χ4v) is 3.46. The van der Waals surface area contributed by atoms with Crippen LogP contribution < -0.4 is 4.72 Å². The van der Waals surface area contributed by atoms with Crippen LogP contribution in [0.25, 0.3) is 22.2 Å². The van der Waals surface area contributed by atoms with Crippen LogP contribution in [0.2, 0.25) is 10.3 Å². The first-order valence-electron chi connectivity index (χ1n) is 8.85. The van der Waals surface area contributed by atoms with E-state index in [0.717, 1.165) is 21.5 Å². The summed E-state index contributed by atoms with van der Waals surface area (Å²) in [4.78, 5) is 13.6. The number of pyridine rings is 1. The summed E-state index contributed by atoms with van der Waals surface area (Å²) in [6.45, 7) is 4.00. The zero-order chi connectivity index (χ0) is 20.8. The molecule has 0 amide bonds. The van der Waals surface area contributed by atoms with E-state index in [9.17, 15) is 4.39 Å². The Hall–Kier alpha value is -2.41. The van der Waals surface area contributed by atoms with Gasteiger partial charge in [-0.05, 0) is 60.0 Å². The molecule has 2 aromatic carbocycles. The Bertz CT molecular complexity index is 1120. The number of hydrogen-bond acceptors (Lipinski definition) is 5. The lowest BCUT2D eigenvalue weighted by Gasteiger charge is -2.10. The molecule has 4 aromatic rings. The maximum atomic E-state index is 13.0. The quantitative estimate of drug-likeness (QED) is 0.263. The minimum atomic E-state index is -0.277. The third-order valence-electron chi connectivity index (χ3n) is 3.78. The lowest BCUT2D eigenvalue weighted by Crippen LogP contribution is -1.92. The third kappa shape index (κ3) is 5.35. The highest BCUT2D eigenvalue weighted by Gasteiger charge is 2.08.